The standard InChI is InChI=1S/C15H26N2/c1-4-6-14-7-9-15(10-8-14)13(3)17(5-2)12-11-16/h7-10,13H,4-6,11-12,16H2,1-3H3. The van der Waals surface area contributed by atoms with Crippen LogP contribution in [0.15, 0.2) is 24.3 Å². The van der Waals surface area contributed by atoms with Gasteiger partial charge in [-0.2, -0.15) is 0 Å². The summed E-state index contributed by atoms with van der Waals surface area (Å²) in [5.41, 5.74) is 8.47. The molecule has 2 nitrogen and oxygen atoms in total. The fourth-order valence-corrected chi connectivity index (χ4v) is 2.25. The Morgan fingerprint density at radius 3 is 2.29 bits per heavy atom. The number of hydrogen-bond donors (Lipinski definition) is 1. The molecule has 0 aliphatic rings. The smallest absolute Gasteiger partial charge is 0.0320 e. The largest absolute Gasteiger partial charge is 0.329 e. The lowest BCUT2D eigenvalue weighted by molar-refractivity contribution is 0.228. The van der Waals surface area contributed by atoms with E-state index < -0.39 is 0 Å². The van der Waals surface area contributed by atoms with Gasteiger partial charge in [0.15, 0.2) is 0 Å². The molecule has 17 heavy (non-hydrogen) atoms. The summed E-state index contributed by atoms with van der Waals surface area (Å²) in [7, 11) is 0. The van der Waals surface area contributed by atoms with Crippen LogP contribution in [0.4, 0.5) is 0 Å². The second kappa shape index (κ2) is 7.46. The van der Waals surface area contributed by atoms with Gasteiger partial charge in [-0.05, 0) is 31.0 Å². The van der Waals surface area contributed by atoms with Crippen LogP contribution >= 0.6 is 0 Å². The van der Waals surface area contributed by atoms with E-state index in [1.165, 1.54) is 24.0 Å². The van der Waals surface area contributed by atoms with Crippen molar-refractivity contribution in [2.24, 2.45) is 5.73 Å². The van der Waals surface area contributed by atoms with Crippen molar-refractivity contribution in [2.75, 3.05) is 19.6 Å². The molecular formula is C15H26N2. The number of hydrogen-bond acceptors (Lipinski definition) is 2. The van der Waals surface area contributed by atoms with E-state index in [0.717, 1.165) is 19.6 Å². The van der Waals surface area contributed by atoms with E-state index in [-0.39, 0.29) is 0 Å². The van der Waals surface area contributed by atoms with Crippen LogP contribution in [-0.4, -0.2) is 24.5 Å². The Morgan fingerprint density at radius 1 is 1.18 bits per heavy atom. The summed E-state index contributed by atoms with van der Waals surface area (Å²) < 4.78 is 0. The average Bonchev–Trinajstić information content (AvgIpc) is 2.36. The Hall–Kier alpha value is -0.860. The van der Waals surface area contributed by atoms with Gasteiger partial charge < -0.3 is 5.73 Å². The molecule has 0 radical (unpaired) electrons. The molecule has 1 unspecified atom stereocenters. The van der Waals surface area contributed by atoms with Gasteiger partial charge in [-0.1, -0.05) is 44.5 Å². The highest BCUT2D eigenvalue weighted by Crippen LogP contribution is 2.20. The van der Waals surface area contributed by atoms with Gasteiger partial charge in [-0.15, -0.1) is 0 Å². The lowest BCUT2D eigenvalue weighted by Crippen LogP contribution is -2.31. The molecule has 0 saturated carbocycles. The SMILES string of the molecule is CCCc1ccc(C(C)N(CC)CCN)cc1. The van der Waals surface area contributed by atoms with E-state index in [2.05, 4.69) is 49.9 Å². The summed E-state index contributed by atoms with van der Waals surface area (Å²) >= 11 is 0. The second-order valence-electron chi connectivity index (χ2n) is 4.58. The third-order valence-electron chi connectivity index (χ3n) is 3.37. The van der Waals surface area contributed by atoms with Crippen molar-refractivity contribution in [3.05, 3.63) is 35.4 Å². The summed E-state index contributed by atoms with van der Waals surface area (Å²) in [5.74, 6) is 0. The molecule has 0 amide bonds. The Bertz CT molecular complexity index is 305. The molecule has 2 N–H and O–H groups in total. The van der Waals surface area contributed by atoms with Gasteiger partial charge in [0.1, 0.15) is 0 Å². The monoisotopic (exact) mass is 234 g/mol. The molecule has 0 aliphatic heterocycles. The van der Waals surface area contributed by atoms with Gasteiger partial charge in [-0.3, -0.25) is 4.90 Å². The highest BCUT2D eigenvalue weighted by atomic mass is 15.1. The van der Waals surface area contributed by atoms with Crippen LogP contribution in [0, 0.1) is 0 Å². The van der Waals surface area contributed by atoms with Crippen molar-refractivity contribution in [3.63, 3.8) is 0 Å². The molecule has 1 rings (SSSR count). The van der Waals surface area contributed by atoms with Crippen LogP contribution in [0.2, 0.25) is 0 Å². The Balaban J connectivity index is 2.70. The summed E-state index contributed by atoms with van der Waals surface area (Å²) in [4.78, 5) is 2.41. The van der Waals surface area contributed by atoms with E-state index >= 15 is 0 Å². The molecule has 0 aromatic heterocycles. The normalized spacial score (nSPS) is 13.0. The van der Waals surface area contributed by atoms with Crippen molar-refractivity contribution < 1.29 is 0 Å². The first kappa shape index (κ1) is 14.2. The molecule has 2 heteroatoms. The lowest BCUT2D eigenvalue weighted by Gasteiger charge is -2.27. The second-order valence-corrected chi connectivity index (χ2v) is 4.58. The molecule has 0 spiro atoms. The Kier molecular flexibility index (Phi) is 6.23. The third kappa shape index (κ3) is 4.14. The maximum absolute atomic E-state index is 5.64. The number of rotatable bonds is 7. The molecule has 0 saturated heterocycles. The number of nitrogens with two attached hydrogens (primary N) is 1. The summed E-state index contributed by atoms with van der Waals surface area (Å²) in [6.45, 7) is 9.41. The first-order valence-corrected chi connectivity index (χ1v) is 6.75. The maximum Gasteiger partial charge on any atom is 0.0320 e. The average molecular weight is 234 g/mol. The zero-order valence-corrected chi connectivity index (χ0v) is 11.4. The fraction of sp³-hybridized carbons (Fsp3) is 0.600. The minimum atomic E-state index is 0.458. The number of benzene rings is 1. The number of aryl methyl sites for hydroxylation is 1. The number of likely N-dealkylation sites (N-methyl/N-ethyl adjacent to an activating group) is 1. The van der Waals surface area contributed by atoms with Gasteiger partial charge in [0.05, 0.1) is 0 Å². The maximum atomic E-state index is 5.64. The first-order valence-electron chi connectivity index (χ1n) is 6.75. The Labute approximate surface area is 106 Å². The van der Waals surface area contributed by atoms with Crippen molar-refractivity contribution in [3.8, 4) is 0 Å². The molecule has 0 heterocycles. The first-order chi connectivity index (χ1) is 8.22. The van der Waals surface area contributed by atoms with Gasteiger partial charge in [0.25, 0.3) is 0 Å². The third-order valence-corrected chi connectivity index (χ3v) is 3.37. The van der Waals surface area contributed by atoms with Crippen molar-refractivity contribution in [1.29, 1.82) is 0 Å². The summed E-state index contributed by atoms with van der Waals surface area (Å²) in [6, 6.07) is 9.49. The lowest BCUT2D eigenvalue weighted by atomic mass is 10.0. The zero-order valence-electron chi connectivity index (χ0n) is 11.4. The quantitative estimate of drug-likeness (QED) is 0.786. The van der Waals surface area contributed by atoms with Crippen LogP contribution in [-0.2, 0) is 6.42 Å². The molecule has 1 aromatic carbocycles. The van der Waals surface area contributed by atoms with Gasteiger partial charge in [0, 0.05) is 19.1 Å². The minimum Gasteiger partial charge on any atom is -0.329 e. The van der Waals surface area contributed by atoms with Crippen LogP contribution in [0.5, 0.6) is 0 Å². The van der Waals surface area contributed by atoms with Gasteiger partial charge in [-0.25, -0.2) is 0 Å². The zero-order chi connectivity index (χ0) is 12.7. The molecule has 96 valence electrons. The van der Waals surface area contributed by atoms with Gasteiger partial charge >= 0.3 is 0 Å². The molecule has 1 aromatic rings. The van der Waals surface area contributed by atoms with Crippen LogP contribution in [0.3, 0.4) is 0 Å². The predicted octanol–water partition coefficient (Wildman–Crippen LogP) is 2.98. The van der Waals surface area contributed by atoms with Crippen LogP contribution < -0.4 is 5.73 Å². The molecule has 0 aliphatic carbocycles. The highest BCUT2D eigenvalue weighted by molar-refractivity contribution is 5.24. The Morgan fingerprint density at radius 2 is 1.82 bits per heavy atom. The summed E-state index contributed by atoms with van der Waals surface area (Å²) in [6.07, 6.45) is 2.39. The van der Waals surface area contributed by atoms with Crippen molar-refractivity contribution >= 4 is 0 Å². The molecule has 0 bridgehead atoms. The molecule has 1 atom stereocenters. The van der Waals surface area contributed by atoms with Crippen molar-refractivity contribution in [2.45, 2.75) is 39.7 Å². The topological polar surface area (TPSA) is 29.3 Å². The van der Waals surface area contributed by atoms with Crippen LogP contribution in [0.1, 0.15) is 44.4 Å². The van der Waals surface area contributed by atoms with E-state index in [0.29, 0.717) is 6.04 Å². The van der Waals surface area contributed by atoms with E-state index in [4.69, 9.17) is 5.73 Å². The predicted molar refractivity (Wildman–Crippen MR) is 75.2 cm³/mol. The van der Waals surface area contributed by atoms with E-state index in [9.17, 15) is 0 Å². The van der Waals surface area contributed by atoms with E-state index in [1.807, 2.05) is 0 Å². The highest BCUT2D eigenvalue weighted by Gasteiger charge is 2.12. The molecule has 0 fully saturated rings. The summed E-state index contributed by atoms with van der Waals surface area (Å²) in [5, 5.41) is 0. The van der Waals surface area contributed by atoms with Crippen molar-refractivity contribution in [1.82, 2.24) is 4.90 Å². The number of nitrogens with zero attached hydrogens (tertiary/aromatic N) is 1. The van der Waals surface area contributed by atoms with E-state index in [1.54, 1.807) is 0 Å². The molecular weight excluding hydrogens is 208 g/mol. The minimum absolute atomic E-state index is 0.458. The fourth-order valence-electron chi connectivity index (χ4n) is 2.25. The van der Waals surface area contributed by atoms with Crippen LogP contribution in [0.25, 0.3) is 0 Å². The van der Waals surface area contributed by atoms with Gasteiger partial charge in [0.2, 0.25) is 0 Å².